The van der Waals surface area contributed by atoms with Crippen LogP contribution in [-0.2, 0) is 11.2 Å². The fourth-order valence-electron chi connectivity index (χ4n) is 3.65. The number of benzene rings is 2. The molecule has 0 saturated carbocycles. The number of hydrogen-bond acceptors (Lipinski definition) is 5. The van der Waals surface area contributed by atoms with Crippen LogP contribution in [-0.4, -0.2) is 40.1 Å². The number of amides is 1. The zero-order chi connectivity index (χ0) is 21.1. The molecule has 2 aromatic carbocycles. The van der Waals surface area contributed by atoms with Crippen molar-refractivity contribution in [2.45, 2.75) is 45.6 Å². The van der Waals surface area contributed by atoms with E-state index < -0.39 is 0 Å². The lowest BCUT2D eigenvalue weighted by atomic mass is 10.1. The van der Waals surface area contributed by atoms with Crippen LogP contribution in [0.1, 0.15) is 43.2 Å². The minimum atomic E-state index is -0.0553. The van der Waals surface area contributed by atoms with Gasteiger partial charge in [0.15, 0.2) is 0 Å². The molecule has 1 aliphatic rings. The molecule has 4 rings (SSSR count). The Morgan fingerprint density at radius 3 is 2.57 bits per heavy atom. The van der Waals surface area contributed by atoms with Gasteiger partial charge in [0.2, 0.25) is 17.6 Å². The van der Waals surface area contributed by atoms with Crippen molar-refractivity contribution in [1.29, 1.82) is 0 Å². The third kappa shape index (κ3) is 4.70. The van der Waals surface area contributed by atoms with Crippen LogP contribution in [0.15, 0.2) is 53.1 Å². The standard InChI is InChI=1S/C24H27N3O3/c1-16(2)29-21-10-8-19(9-11-21)23-25-24(30-26-23)20-14-22(28)27(15-20)13-12-18-6-4-17(3)5-7-18/h4-11,16,20H,12-15H2,1-3H3. The molecule has 0 N–H and O–H groups in total. The van der Waals surface area contributed by atoms with Crippen molar-refractivity contribution in [3.05, 3.63) is 65.5 Å². The van der Waals surface area contributed by atoms with Gasteiger partial charge in [0.05, 0.1) is 12.0 Å². The van der Waals surface area contributed by atoms with Gasteiger partial charge in [0, 0.05) is 25.1 Å². The Labute approximate surface area is 176 Å². The van der Waals surface area contributed by atoms with E-state index in [1.807, 2.05) is 43.0 Å². The molecule has 0 bridgehead atoms. The fraction of sp³-hybridized carbons (Fsp3) is 0.375. The number of carbonyl (C=O) groups excluding carboxylic acids is 1. The fourth-order valence-corrected chi connectivity index (χ4v) is 3.65. The molecule has 1 unspecified atom stereocenters. The smallest absolute Gasteiger partial charge is 0.232 e. The van der Waals surface area contributed by atoms with Gasteiger partial charge in [0.25, 0.3) is 0 Å². The van der Waals surface area contributed by atoms with Crippen LogP contribution in [0.3, 0.4) is 0 Å². The van der Waals surface area contributed by atoms with E-state index >= 15 is 0 Å². The van der Waals surface area contributed by atoms with Crippen molar-refractivity contribution in [3.8, 4) is 17.1 Å². The maximum atomic E-state index is 12.5. The van der Waals surface area contributed by atoms with Gasteiger partial charge >= 0.3 is 0 Å². The molecule has 2 heterocycles. The summed E-state index contributed by atoms with van der Waals surface area (Å²) in [5.41, 5.74) is 3.34. The molecule has 0 spiro atoms. The van der Waals surface area contributed by atoms with Gasteiger partial charge in [-0.25, -0.2) is 0 Å². The van der Waals surface area contributed by atoms with Crippen LogP contribution < -0.4 is 4.74 Å². The Morgan fingerprint density at radius 1 is 1.13 bits per heavy atom. The molecule has 3 aromatic rings. The predicted octanol–water partition coefficient (Wildman–Crippen LogP) is 4.39. The lowest BCUT2D eigenvalue weighted by molar-refractivity contribution is -0.127. The minimum absolute atomic E-state index is 0.0553. The Bertz CT molecular complexity index is 993. The number of likely N-dealkylation sites (tertiary alicyclic amines) is 1. The van der Waals surface area contributed by atoms with E-state index in [1.165, 1.54) is 11.1 Å². The highest BCUT2D eigenvalue weighted by Gasteiger charge is 2.34. The second kappa shape index (κ2) is 8.69. The van der Waals surface area contributed by atoms with Gasteiger partial charge in [-0.15, -0.1) is 0 Å². The summed E-state index contributed by atoms with van der Waals surface area (Å²) in [7, 11) is 0. The number of hydrogen-bond donors (Lipinski definition) is 0. The molecule has 1 saturated heterocycles. The van der Waals surface area contributed by atoms with Crippen molar-refractivity contribution in [3.63, 3.8) is 0 Å². The number of ether oxygens (including phenoxy) is 1. The summed E-state index contributed by atoms with van der Waals surface area (Å²) in [6.07, 6.45) is 1.39. The maximum absolute atomic E-state index is 12.5. The monoisotopic (exact) mass is 405 g/mol. The van der Waals surface area contributed by atoms with Gasteiger partial charge < -0.3 is 14.2 Å². The van der Waals surface area contributed by atoms with Crippen molar-refractivity contribution in [2.75, 3.05) is 13.1 Å². The number of aromatic nitrogens is 2. The van der Waals surface area contributed by atoms with Gasteiger partial charge in [-0.05, 0) is 57.0 Å². The molecule has 1 amide bonds. The van der Waals surface area contributed by atoms with E-state index in [-0.39, 0.29) is 17.9 Å². The molecule has 0 radical (unpaired) electrons. The van der Waals surface area contributed by atoms with Crippen LogP contribution in [0.4, 0.5) is 0 Å². The summed E-state index contributed by atoms with van der Waals surface area (Å²) in [4.78, 5) is 18.9. The first kappa shape index (κ1) is 20.1. The average Bonchev–Trinajstić information content (AvgIpc) is 3.35. The quantitative estimate of drug-likeness (QED) is 0.583. The number of nitrogens with zero attached hydrogens (tertiary/aromatic N) is 3. The maximum Gasteiger partial charge on any atom is 0.232 e. The molecule has 1 aromatic heterocycles. The lowest BCUT2D eigenvalue weighted by Crippen LogP contribution is -2.27. The van der Waals surface area contributed by atoms with Crippen LogP contribution in [0.2, 0.25) is 0 Å². The van der Waals surface area contributed by atoms with Crippen molar-refractivity contribution >= 4 is 5.91 Å². The Morgan fingerprint density at radius 2 is 1.87 bits per heavy atom. The normalized spacial score (nSPS) is 16.5. The number of carbonyl (C=O) groups is 1. The van der Waals surface area contributed by atoms with E-state index in [9.17, 15) is 4.79 Å². The molecule has 6 heteroatoms. The topological polar surface area (TPSA) is 68.5 Å². The van der Waals surface area contributed by atoms with Crippen molar-refractivity contribution < 1.29 is 14.1 Å². The zero-order valence-corrected chi connectivity index (χ0v) is 17.7. The largest absolute Gasteiger partial charge is 0.491 e. The first-order valence-corrected chi connectivity index (χ1v) is 10.4. The van der Waals surface area contributed by atoms with E-state index in [0.717, 1.165) is 17.7 Å². The number of rotatable bonds is 7. The second-order valence-electron chi connectivity index (χ2n) is 8.12. The summed E-state index contributed by atoms with van der Waals surface area (Å²) >= 11 is 0. The van der Waals surface area contributed by atoms with Crippen molar-refractivity contribution in [1.82, 2.24) is 15.0 Å². The second-order valence-corrected chi connectivity index (χ2v) is 8.12. The first-order chi connectivity index (χ1) is 14.5. The van der Waals surface area contributed by atoms with Gasteiger partial charge in [-0.1, -0.05) is 35.0 Å². The van der Waals surface area contributed by atoms with Crippen LogP contribution in [0.5, 0.6) is 5.75 Å². The highest BCUT2D eigenvalue weighted by atomic mass is 16.5. The summed E-state index contributed by atoms with van der Waals surface area (Å²) in [5, 5.41) is 4.12. The molecule has 1 aliphatic heterocycles. The van der Waals surface area contributed by atoms with Crippen molar-refractivity contribution in [2.24, 2.45) is 0 Å². The van der Waals surface area contributed by atoms with E-state index in [1.54, 1.807) is 0 Å². The van der Waals surface area contributed by atoms with Crippen LogP contribution in [0, 0.1) is 6.92 Å². The van der Waals surface area contributed by atoms with E-state index in [4.69, 9.17) is 9.26 Å². The molecular weight excluding hydrogens is 378 g/mol. The molecule has 6 nitrogen and oxygen atoms in total. The van der Waals surface area contributed by atoms with Gasteiger partial charge in [-0.2, -0.15) is 4.98 Å². The van der Waals surface area contributed by atoms with Gasteiger partial charge in [0.1, 0.15) is 5.75 Å². The molecular formula is C24H27N3O3. The Kier molecular flexibility index (Phi) is 5.84. The molecule has 0 aliphatic carbocycles. The average molecular weight is 405 g/mol. The zero-order valence-electron chi connectivity index (χ0n) is 17.7. The van der Waals surface area contributed by atoms with E-state index in [2.05, 4.69) is 41.3 Å². The number of aryl methyl sites for hydroxylation is 1. The van der Waals surface area contributed by atoms with E-state index in [0.29, 0.717) is 31.2 Å². The first-order valence-electron chi connectivity index (χ1n) is 10.4. The minimum Gasteiger partial charge on any atom is -0.491 e. The molecule has 1 atom stereocenters. The summed E-state index contributed by atoms with van der Waals surface area (Å²) in [6, 6.07) is 16.1. The highest BCUT2D eigenvalue weighted by molar-refractivity contribution is 5.79. The SMILES string of the molecule is Cc1ccc(CCN2CC(c3nc(-c4ccc(OC(C)C)cc4)no3)CC2=O)cc1. The summed E-state index contributed by atoms with van der Waals surface area (Å²) in [5.74, 6) is 1.95. The highest BCUT2D eigenvalue weighted by Crippen LogP contribution is 2.29. The third-order valence-electron chi connectivity index (χ3n) is 5.28. The molecule has 30 heavy (non-hydrogen) atoms. The molecule has 1 fully saturated rings. The summed E-state index contributed by atoms with van der Waals surface area (Å²) < 4.78 is 11.2. The molecule has 156 valence electrons. The Balaban J connectivity index is 1.37. The summed E-state index contributed by atoms with van der Waals surface area (Å²) in [6.45, 7) is 7.38. The Hall–Kier alpha value is -3.15. The van der Waals surface area contributed by atoms with Crippen LogP contribution >= 0.6 is 0 Å². The third-order valence-corrected chi connectivity index (χ3v) is 5.28. The predicted molar refractivity (Wildman–Crippen MR) is 114 cm³/mol. The lowest BCUT2D eigenvalue weighted by Gasteiger charge is -2.15. The van der Waals surface area contributed by atoms with Crippen LogP contribution in [0.25, 0.3) is 11.4 Å². The van der Waals surface area contributed by atoms with Gasteiger partial charge in [-0.3, -0.25) is 4.79 Å².